The minimum atomic E-state index is -0.939. The van der Waals surface area contributed by atoms with Gasteiger partial charge in [-0.1, -0.05) is 18.1 Å². The Balaban J connectivity index is 0.00000288. The van der Waals surface area contributed by atoms with Crippen molar-refractivity contribution < 1.29 is 9.63 Å². The summed E-state index contributed by atoms with van der Waals surface area (Å²) in [6.45, 7) is 7.34. The molecule has 2 heterocycles. The summed E-state index contributed by atoms with van der Waals surface area (Å²) in [6, 6.07) is 5.77. The Kier molecular flexibility index (Phi) is 8.71. The normalized spacial score (nSPS) is 13.9. The molecule has 0 fully saturated rings. The van der Waals surface area contributed by atoms with Crippen molar-refractivity contribution in [1.29, 1.82) is 0 Å². The van der Waals surface area contributed by atoms with Crippen LogP contribution in [0.4, 0.5) is 0 Å². The lowest BCUT2D eigenvalue weighted by Gasteiger charge is -2.23. The monoisotopic (exact) mass is 464 g/mol. The van der Waals surface area contributed by atoms with E-state index in [0.717, 1.165) is 29.3 Å². The van der Waals surface area contributed by atoms with Gasteiger partial charge in [0.05, 0.1) is 12.2 Å². The number of hydrogen-bond donors (Lipinski definition) is 3. The molecular formula is C16H25IN4O2S. The van der Waals surface area contributed by atoms with E-state index in [0.29, 0.717) is 19.0 Å². The summed E-state index contributed by atoms with van der Waals surface area (Å²) in [5.74, 6) is 1.36. The van der Waals surface area contributed by atoms with Crippen LogP contribution in [-0.4, -0.2) is 29.3 Å². The van der Waals surface area contributed by atoms with E-state index in [1.54, 1.807) is 6.92 Å². The fraction of sp³-hybridized carbons (Fsp3) is 0.500. The van der Waals surface area contributed by atoms with Crippen molar-refractivity contribution in [3.05, 3.63) is 39.9 Å². The standard InChI is InChI=1S/C16H24N4O2S.HI/c1-4-12-9-13(22-20-12)10-18-15(17-5-2)19-11-16(3,21)14-7-6-8-23-14;/h6-9,21H,4-5,10-11H2,1-3H3,(H2,17,18,19);1H. The van der Waals surface area contributed by atoms with Gasteiger partial charge in [-0.05, 0) is 31.7 Å². The lowest BCUT2D eigenvalue weighted by atomic mass is 10.1. The molecule has 0 aromatic carbocycles. The molecule has 3 N–H and O–H groups in total. The number of aromatic nitrogens is 1. The molecule has 0 saturated carbocycles. The molecule has 0 saturated heterocycles. The molecule has 134 valence electrons. The van der Waals surface area contributed by atoms with Gasteiger partial charge in [-0.3, -0.25) is 0 Å². The van der Waals surface area contributed by atoms with E-state index in [-0.39, 0.29) is 24.0 Å². The molecule has 8 heteroatoms. The van der Waals surface area contributed by atoms with E-state index in [9.17, 15) is 5.11 Å². The Morgan fingerprint density at radius 3 is 2.79 bits per heavy atom. The lowest BCUT2D eigenvalue weighted by Crippen LogP contribution is -2.44. The number of aliphatic hydroxyl groups is 1. The maximum atomic E-state index is 10.5. The van der Waals surface area contributed by atoms with Crippen molar-refractivity contribution in [2.24, 2.45) is 4.99 Å². The molecule has 0 aliphatic rings. The van der Waals surface area contributed by atoms with Gasteiger partial charge < -0.3 is 20.3 Å². The molecule has 2 aromatic heterocycles. The van der Waals surface area contributed by atoms with Gasteiger partial charge in [0, 0.05) is 17.5 Å². The van der Waals surface area contributed by atoms with Crippen LogP contribution in [0.3, 0.4) is 0 Å². The molecule has 0 aliphatic heterocycles. The van der Waals surface area contributed by atoms with Gasteiger partial charge in [-0.25, -0.2) is 4.99 Å². The van der Waals surface area contributed by atoms with Crippen LogP contribution in [0, 0.1) is 0 Å². The summed E-state index contributed by atoms with van der Waals surface area (Å²) in [5, 5.41) is 22.8. The molecule has 0 spiro atoms. The minimum absolute atomic E-state index is 0. The average molecular weight is 464 g/mol. The topological polar surface area (TPSA) is 82.7 Å². The zero-order chi connectivity index (χ0) is 16.7. The van der Waals surface area contributed by atoms with Crippen molar-refractivity contribution in [3.8, 4) is 0 Å². The third-order valence-electron chi connectivity index (χ3n) is 3.36. The highest BCUT2D eigenvalue weighted by molar-refractivity contribution is 14.0. The Morgan fingerprint density at radius 1 is 1.42 bits per heavy atom. The van der Waals surface area contributed by atoms with Crippen molar-refractivity contribution in [3.63, 3.8) is 0 Å². The van der Waals surface area contributed by atoms with Crippen LogP contribution in [0.25, 0.3) is 0 Å². The van der Waals surface area contributed by atoms with Crippen LogP contribution in [0.2, 0.25) is 0 Å². The number of halogens is 1. The van der Waals surface area contributed by atoms with E-state index in [2.05, 4.69) is 20.8 Å². The van der Waals surface area contributed by atoms with E-state index in [1.165, 1.54) is 11.3 Å². The maximum Gasteiger partial charge on any atom is 0.191 e. The first-order valence-corrected chi connectivity index (χ1v) is 8.66. The summed E-state index contributed by atoms with van der Waals surface area (Å²) in [4.78, 5) is 5.39. The summed E-state index contributed by atoms with van der Waals surface area (Å²) in [5.41, 5.74) is -0.0137. The molecule has 0 aliphatic carbocycles. The number of aryl methyl sites for hydroxylation is 1. The van der Waals surface area contributed by atoms with Crippen molar-refractivity contribution in [2.45, 2.75) is 39.3 Å². The number of nitrogens with zero attached hydrogens (tertiary/aromatic N) is 2. The number of rotatable bonds is 7. The van der Waals surface area contributed by atoms with E-state index < -0.39 is 5.60 Å². The summed E-state index contributed by atoms with van der Waals surface area (Å²) in [7, 11) is 0. The number of aliphatic imine (C=N–C) groups is 1. The van der Waals surface area contributed by atoms with Gasteiger partial charge in [0.15, 0.2) is 11.7 Å². The van der Waals surface area contributed by atoms with Gasteiger partial charge in [-0.15, -0.1) is 35.3 Å². The van der Waals surface area contributed by atoms with Gasteiger partial charge in [0.1, 0.15) is 12.1 Å². The maximum absolute atomic E-state index is 10.5. The van der Waals surface area contributed by atoms with Crippen LogP contribution in [-0.2, 0) is 18.6 Å². The summed E-state index contributed by atoms with van der Waals surface area (Å²) < 4.78 is 5.23. The van der Waals surface area contributed by atoms with Crippen LogP contribution in [0.5, 0.6) is 0 Å². The predicted molar refractivity (Wildman–Crippen MR) is 108 cm³/mol. The summed E-state index contributed by atoms with van der Waals surface area (Å²) >= 11 is 1.54. The van der Waals surface area contributed by atoms with Crippen molar-refractivity contribution >= 4 is 41.3 Å². The zero-order valence-electron chi connectivity index (χ0n) is 14.2. The third kappa shape index (κ3) is 6.06. The molecule has 2 rings (SSSR count). The Morgan fingerprint density at radius 2 is 2.21 bits per heavy atom. The van der Waals surface area contributed by atoms with Crippen LogP contribution in [0.15, 0.2) is 33.1 Å². The smallest absolute Gasteiger partial charge is 0.191 e. The second-order valence-electron chi connectivity index (χ2n) is 5.44. The van der Waals surface area contributed by atoms with E-state index >= 15 is 0 Å². The van der Waals surface area contributed by atoms with Gasteiger partial charge in [0.2, 0.25) is 0 Å². The second-order valence-corrected chi connectivity index (χ2v) is 6.39. The fourth-order valence-corrected chi connectivity index (χ4v) is 2.81. The number of thiophene rings is 1. The van der Waals surface area contributed by atoms with Crippen molar-refractivity contribution in [1.82, 2.24) is 15.8 Å². The van der Waals surface area contributed by atoms with Crippen LogP contribution < -0.4 is 10.6 Å². The first-order chi connectivity index (χ1) is 11.0. The van der Waals surface area contributed by atoms with Crippen LogP contribution >= 0.6 is 35.3 Å². The first kappa shape index (κ1) is 20.9. The highest BCUT2D eigenvalue weighted by Crippen LogP contribution is 2.24. The Labute approximate surface area is 163 Å². The third-order valence-corrected chi connectivity index (χ3v) is 4.48. The van der Waals surface area contributed by atoms with E-state index in [4.69, 9.17) is 4.52 Å². The molecular weight excluding hydrogens is 439 g/mol. The quantitative estimate of drug-likeness (QED) is 0.334. The second kappa shape index (κ2) is 10.00. The number of guanidine groups is 1. The van der Waals surface area contributed by atoms with Gasteiger partial charge in [-0.2, -0.15) is 0 Å². The molecule has 24 heavy (non-hydrogen) atoms. The minimum Gasteiger partial charge on any atom is -0.383 e. The van der Waals surface area contributed by atoms with Crippen molar-refractivity contribution in [2.75, 3.05) is 13.1 Å². The largest absolute Gasteiger partial charge is 0.383 e. The number of nitrogens with one attached hydrogen (secondary N) is 2. The average Bonchev–Trinajstić information content (AvgIpc) is 3.21. The highest BCUT2D eigenvalue weighted by Gasteiger charge is 2.24. The van der Waals surface area contributed by atoms with Gasteiger partial charge in [0.25, 0.3) is 0 Å². The van der Waals surface area contributed by atoms with E-state index in [1.807, 2.05) is 37.4 Å². The SMILES string of the molecule is CCNC(=NCc1cc(CC)no1)NCC(C)(O)c1cccs1.I. The highest BCUT2D eigenvalue weighted by atomic mass is 127. The molecule has 0 bridgehead atoms. The summed E-state index contributed by atoms with van der Waals surface area (Å²) in [6.07, 6.45) is 0.842. The molecule has 1 unspecified atom stereocenters. The fourth-order valence-electron chi connectivity index (χ4n) is 2.02. The Hall–Kier alpha value is -1.13. The molecule has 2 aromatic rings. The molecule has 0 amide bonds. The van der Waals surface area contributed by atoms with Crippen LogP contribution in [0.1, 0.15) is 37.1 Å². The Bertz CT molecular complexity index is 626. The molecule has 1 atom stereocenters. The number of hydrogen-bond acceptors (Lipinski definition) is 5. The lowest BCUT2D eigenvalue weighted by molar-refractivity contribution is 0.0655. The predicted octanol–water partition coefficient (Wildman–Crippen LogP) is 2.88. The zero-order valence-corrected chi connectivity index (χ0v) is 17.4. The van der Waals surface area contributed by atoms with Gasteiger partial charge >= 0.3 is 0 Å². The molecule has 0 radical (unpaired) electrons. The molecule has 6 nitrogen and oxygen atoms in total. The first-order valence-electron chi connectivity index (χ1n) is 7.78.